The molecule has 0 fully saturated rings. The average Bonchev–Trinajstić information content (AvgIpc) is 2.82. The highest BCUT2D eigenvalue weighted by Gasteiger charge is 2.10. The molecule has 0 spiro atoms. The minimum atomic E-state index is 0.494. The second kappa shape index (κ2) is 7.26. The Morgan fingerprint density at radius 3 is 2.67 bits per heavy atom. The molecular weight excluding hydrogens is 353 g/mol. The van der Waals surface area contributed by atoms with Crippen LogP contribution in [0.2, 0.25) is 0 Å². The van der Waals surface area contributed by atoms with Gasteiger partial charge in [-0.2, -0.15) is 0 Å². The van der Waals surface area contributed by atoms with E-state index >= 15 is 0 Å². The lowest BCUT2D eigenvalue weighted by Gasteiger charge is -2.14. The Balaban J connectivity index is 1.85. The molecule has 1 aromatic carbocycles. The van der Waals surface area contributed by atoms with E-state index in [1.54, 1.807) is 0 Å². The number of aryl methyl sites for hydroxylation is 1. The normalized spacial score (nSPS) is 12.6. The Hall–Kier alpha value is -0.390. The minimum absolute atomic E-state index is 0.494. The summed E-state index contributed by atoms with van der Waals surface area (Å²) in [5.41, 5.74) is 2.87. The van der Waals surface area contributed by atoms with Crippen LogP contribution in [-0.4, -0.2) is 7.05 Å². The number of hydrogen-bond acceptors (Lipinski definition) is 2. The van der Waals surface area contributed by atoms with E-state index in [0.717, 1.165) is 0 Å². The van der Waals surface area contributed by atoms with Gasteiger partial charge in [-0.1, -0.05) is 30.3 Å². The fourth-order valence-corrected chi connectivity index (χ4v) is 3.56. The van der Waals surface area contributed by atoms with Gasteiger partial charge in [-0.3, -0.25) is 0 Å². The van der Waals surface area contributed by atoms with Crippen LogP contribution in [-0.2, 0) is 6.42 Å². The maximum atomic E-state index is 3.42. The van der Waals surface area contributed by atoms with Crippen LogP contribution in [0.3, 0.4) is 0 Å². The van der Waals surface area contributed by atoms with Crippen LogP contribution < -0.4 is 5.32 Å². The molecule has 2 aromatic rings. The van der Waals surface area contributed by atoms with Crippen LogP contribution in [0.4, 0.5) is 0 Å². The average molecular weight is 371 g/mol. The van der Waals surface area contributed by atoms with E-state index in [9.17, 15) is 0 Å². The van der Waals surface area contributed by atoms with E-state index in [4.69, 9.17) is 0 Å². The maximum Gasteiger partial charge on any atom is 0.0656 e. The predicted molar refractivity (Wildman–Crippen MR) is 88.2 cm³/mol. The number of rotatable bonds is 6. The molecule has 0 saturated heterocycles. The first kappa shape index (κ1) is 14.0. The quantitative estimate of drug-likeness (QED) is 0.730. The van der Waals surface area contributed by atoms with Gasteiger partial charge in [-0.05, 0) is 71.5 Å². The highest BCUT2D eigenvalue weighted by Crippen LogP contribution is 2.25. The highest BCUT2D eigenvalue weighted by molar-refractivity contribution is 14.1. The molecule has 1 N–H and O–H groups in total. The summed E-state index contributed by atoms with van der Waals surface area (Å²) in [6.45, 7) is 0. The number of halogens is 1. The molecule has 18 heavy (non-hydrogen) atoms. The third-order valence-electron chi connectivity index (χ3n) is 3.14. The Morgan fingerprint density at radius 2 is 2.06 bits per heavy atom. The summed E-state index contributed by atoms with van der Waals surface area (Å²) in [5.74, 6) is 0. The summed E-state index contributed by atoms with van der Waals surface area (Å²) in [6, 6.07) is 13.5. The summed E-state index contributed by atoms with van der Waals surface area (Å²) in [6.07, 6.45) is 3.58. The molecule has 0 saturated carbocycles. The monoisotopic (exact) mass is 371 g/mol. The van der Waals surface area contributed by atoms with E-state index in [0.29, 0.717) is 6.04 Å². The SMILES string of the molecule is CNC(CCCc1ccccc1)c1csc(I)c1. The molecule has 1 nitrogen and oxygen atoms in total. The van der Waals surface area contributed by atoms with Gasteiger partial charge in [0.15, 0.2) is 0 Å². The van der Waals surface area contributed by atoms with Crippen molar-refractivity contribution in [3.8, 4) is 0 Å². The Kier molecular flexibility index (Phi) is 5.66. The topological polar surface area (TPSA) is 12.0 Å². The molecule has 0 aliphatic heterocycles. The van der Waals surface area contributed by atoms with Crippen molar-refractivity contribution in [2.24, 2.45) is 0 Å². The van der Waals surface area contributed by atoms with Crippen molar-refractivity contribution in [3.05, 3.63) is 55.8 Å². The first-order chi connectivity index (χ1) is 8.79. The van der Waals surface area contributed by atoms with Gasteiger partial charge in [0.25, 0.3) is 0 Å². The van der Waals surface area contributed by atoms with Crippen LogP contribution in [0.25, 0.3) is 0 Å². The molecule has 2 rings (SSSR count). The fraction of sp³-hybridized carbons (Fsp3) is 0.333. The van der Waals surface area contributed by atoms with Gasteiger partial charge in [0.1, 0.15) is 0 Å². The van der Waals surface area contributed by atoms with Crippen LogP contribution in [0.1, 0.15) is 30.0 Å². The molecule has 0 aliphatic rings. The maximum absolute atomic E-state index is 3.42. The third kappa shape index (κ3) is 4.07. The molecular formula is C15H18INS. The molecule has 96 valence electrons. The molecule has 1 atom stereocenters. The highest BCUT2D eigenvalue weighted by atomic mass is 127. The minimum Gasteiger partial charge on any atom is -0.313 e. The number of hydrogen-bond donors (Lipinski definition) is 1. The van der Waals surface area contributed by atoms with Gasteiger partial charge in [0.2, 0.25) is 0 Å². The van der Waals surface area contributed by atoms with Crippen molar-refractivity contribution >= 4 is 33.9 Å². The molecule has 0 amide bonds. The van der Waals surface area contributed by atoms with E-state index in [2.05, 4.69) is 76.7 Å². The summed E-state index contributed by atoms with van der Waals surface area (Å²) in [7, 11) is 2.05. The third-order valence-corrected chi connectivity index (χ3v) is 4.95. The van der Waals surface area contributed by atoms with E-state index in [-0.39, 0.29) is 0 Å². The smallest absolute Gasteiger partial charge is 0.0656 e. The first-order valence-corrected chi connectivity index (χ1v) is 8.20. The van der Waals surface area contributed by atoms with Crippen LogP contribution in [0, 0.1) is 2.88 Å². The summed E-state index contributed by atoms with van der Waals surface area (Å²) in [4.78, 5) is 0. The molecule has 1 aromatic heterocycles. The molecule has 1 heterocycles. The van der Waals surface area contributed by atoms with E-state index < -0.39 is 0 Å². The second-order valence-corrected chi connectivity index (χ2v) is 7.21. The van der Waals surface area contributed by atoms with Crippen molar-refractivity contribution in [3.63, 3.8) is 0 Å². The lowest BCUT2D eigenvalue weighted by molar-refractivity contribution is 0.528. The van der Waals surface area contributed by atoms with E-state index in [1.807, 2.05) is 11.3 Å². The molecule has 3 heteroatoms. The zero-order chi connectivity index (χ0) is 12.8. The van der Waals surface area contributed by atoms with Crippen molar-refractivity contribution in [1.82, 2.24) is 5.32 Å². The van der Waals surface area contributed by atoms with Gasteiger partial charge >= 0.3 is 0 Å². The molecule has 0 bridgehead atoms. The van der Waals surface area contributed by atoms with E-state index in [1.165, 1.54) is 33.3 Å². The fourth-order valence-electron chi connectivity index (χ4n) is 2.14. The molecule has 0 aliphatic carbocycles. The second-order valence-electron chi connectivity index (χ2n) is 4.40. The zero-order valence-corrected chi connectivity index (χ0v) is 13.5. The summed E-state index contributed by atoms with van der Waals surface area (Å²) < 4.78 is 1.37. The van der Waals surface area contributed by atoms with Crippen molar-refractivity contribution in [2.45, 2.75) is 25.3 Å². The number of thiophene rings is 1. The van der Waals surface area contributed by atoms with Crippen LogP contribution in [0.5, 0.6) is 0 Å². The Bertz CT molecular complexity index is 466. The predicted octanol–water partition coefficient (Wildman–Crippen LogP) is 4.64. The number of benzene rings is 1. The van der Waals surface area contributed by atoms with Gasteiger partial charge < -0.3 is 5.32 Å². The largest absolute Gasteiger partial charge is 0.313 e. The van der Waals surface area contributed by atoms with Gasteiger partial charge in [0.05, 0.1) is 2.88 Å². The van der Waals surface area contributed by atoms with Crippen molar-refractivity contribution < 1.29 is 0 Å². The standard InChI is InChI=1S/C15H18INS/c1-17-14(13-10-15(16)18-11-13)9-5-8-12-6-3-2-4-7-12/h2-4,6-7,10-11,14,17H,5,8-9H2,1H3. The summed E-state index contributed by atoms with van der Waals surface area (Å²) in [5, 5.41) is 5.69. The van der Waals surface area contributed by atoms with Crippen molar-refractivity contribution in [1.29, 1.82) is 0 Å². The number of nitrogens with one attached hydrogen (secondary N) is 1. The Morgan fingerprint density at radius 1 is 1.28 bits per heavy atom. The zero-order valence-electron chi connectivity index (χ0n) is 10.5. The van der Waals surface area contributed by atoms with Gasteiger partial charge in [-0.25, -0.2) is 0 Å². The van der Waals surface area contributed by atoms with Crippen LogP contribution >= 0.6 is 33.9 Å². The lowest BCUT2D eigenvalue weighted by Crippen LogP contribution is -2.15. The van der Waals surface area contributed by atoms with Crippen LogP contribution in [0.15, 0.2) is 41.8 Å². The summed E-state index contributed by atoms with van der Waals surface area (Å²) >= 11 is 4.21. The lowest BCUT2D eigenvalue weighted by atomic mass is 10.0. The van der Waals surface area contributed by atoms with Gasteiger partial charge in [-0.15, -0.1) is 11.3 Å². The first-order valence-electron chi connectivity index (χ1n) is 6.24. The van der Waals surface area contributed by atoms with Gasteiger partial charge in [0, 0.05) is 6.04 Å². The molecule has 0 radical (unpaired) electrons. The molecule has 1 unspecified atom stereocenters. The van der Waals surface area contributed by atoms with Crippen molar-refractivity contribution in [2.75, 3.05) is 7.05 Å². The Labute approximate surface area is 127 Å².